The Morgan fingerprint density at radius 1 is 0.962 bits per heavy atom. The molecule has 0 aliphatic rings. The summed E-state index contributed by atoms with van der Waals surface area (Å²) >= 11 is 3.36. The van der Waals surface area contributed by atoms with Gasteiger partial charge in [-0.3, -0.25) is 20.4 Å². The Morgan fingerprint density at radius 2 is 1.58 bits per heavy atom. The normalized spacial score (nSPS) is 10.1. The Hall–Kier alpha value is -2.54. The lowest BCUT2D eigenvalue weighted by Gasteiger charge is -2.11. The van der Waals surface area contributed by atoms with Gasteiger partial charge in [0.25, 0.3) is 11.8 Å². The third-order valence-corrected chi connectivity index (χ3v) is 4.03. The van der Waals surface area contributed by atoms with Crippen LogP contribution in [0.4, 0.5) is 0 Å². The van der Waals surface area contributed by atoms with Crippen LogP contribution < -0.4 is 20.3 Å². The minimum absolute atomic E-state index is 0.196. The SMILES string of the molecule is CCc1ccc(OCC(=O)NNC(=O)COc2ccc(Br)cc2C)cc1. The van der Waals surface area contributed by atoms with E-state index in [-0.39, 0.29) is 13.2 Å². The molecule has 0 atom stereocenters. The number of amides is 2. The second kappa shape index (κ2) is 9.82. The summed E-state index contributed by atoms with van der Waals surface area (Å²) in [5, 5.41) is 0. The first-order valence-corrected chi connectivity index (χ1v) is 8.95. The third-order valence-electron chi connectivity index (χ3n) is 3.54. The Labute approximate surface area is 161 Å². The molecule has 0 aromatic heterocycles. The number of hydrazine groups is 1. The van der Waals surface area contributed by atoms with Gasteiger partial charge in [0.2, 0.25) is 0 Å². The van der Waals surface area contributed by atoms with Gasteiger partial charge in [0, 0.05) is 4.47 Å². The maximum Gasteiger partial charge on any atom is 0.276 e. The summed E-state index contributed by atoms with van der Waals surface area (Å²) in [4.78, 5) is 23.5. The first-order valence-electron chi connectivity index (χ1n) is 8.16. The number of benzene rings is 2. The van der Waals surface area contributed by atoms with Gasteiger partial charge in [-0.25, -0.2) is 0 Å². The maximum absolute atomic E-state index is 11.7. The molecule has 0 fully saturated rings. The molecule has 0 spiro atoms. The number of nitrogens with one attached hydrogen (secondary N) is 2. The molecule has 7 heteroatoms. The summed E-state index contributed by atoms with van der Waals surface area (Å²) < 4.78 is 11.7. The quantitative estimate of drug-likeness (QED) is 0.675. The molecular weight excluding hydrogens is 400 g/mol. The summed E-state index contributed by atoms with van der Waals surface area (Å²) in [5.74, 6) is 0.275. The van der Waals surface area contributed by atoms with Crippen molar-refractivity contribution >= 4 is 27.7 Å². The van der Waals surface area contributed by atoms with Crippen molar-refractivity contribution in [2.75, 3.05) is 13.2 Å². The summed E-state index contributed by atoms with van der Waals surface area (Å²) in [5.41, 5.74) is 6.66. The van der Waals surface area contributed by atoms with Crippen molar-refractivity contribution in [1.29, 1.82) is 0 Å². The second-order valence-electron chi connectivity index (χ2n) is 5.58. The molecule has 0 heterocycles. The molecule has 138 valence electrons. The van der Waals surface area contributed by atoms with Crippen LogP contribution in [0.1, 0.15) is 18.1 Å². The first kappa shape index (κ1) is 19.8. The number of carbonyl (C=O) groups is 2. The van der Waals surface area contributed by atoms with Gasteiger partial charge in [0.05, 0.1) is 0 Å². The van der Waals surface area contributed by atoms with Crippen molar-refractivity contribution in [1.82, 2.24) is 10.9 Å². The molecule has 0 saturated heterocycles. The Bertz CT molecular complexity index is 763. The Balaban J connectivity index is 1.68. The molecule has 2 rings (SSSR count). The van der Waals surface area contributed by atoms with Gasteiger partial charge in [-0.1, -0.05) is 35.0 Å². The van der Waals surface area contributed by atoms with Gasteiger partial charge < -0.3 is 9.47 Å². The number of hydrogen-bond donors (Lipinski definition) is 2. The van der Waals surface area contributed by atoms with E-state index in [0.717, 1.165) is 16.5 Å². The van der Waals surface area contributed by atoms with Crippen LogP contribution >= 0.6 is 15.9 Å². The molecule has 26 heavy (non-hydrogen) atoms. The van der Waals surface area contributed by atoms with Crippen LogP contribution in [0.3, 0.4) is 0 Å². The van der Waals surface area contributed by atoms with Crippen LogP contribution in [-0.2, 0) is 16.0 Å². The monoisotopic (exact) mass is 420 g/mol. The molecule has 2 aromatic rings. The molecule has 2 aromatic carbocycles. The van der Waals surface area contributed by atoms with Gasteiger partial charge in [0.15, 0.2) is 13.2 Å². The molecular formula is C19H21BrN2O4. The number of ether oxygens (including phenoxy) is 2. The van der Waals surface area contributed by atoms with E-state index in [2.05, 4.69) is 33.7 Å². The van der Waals surface area contributed by atoms with Crippen LogP contribution in [0.15, 0.2) is 46.9 Å². The summed E-state index contributed by atoms with van der Waals surface area (Å²) in [7, 11) is 0. The molecule has 0 aliphatic carbocycles. The summed E-state index contributed by atoms with van der Waals surface area (Å²) in [6, 6.07) is 13.0. The molecule has 2 amide bonds. The molecule has 0 radical (unpaired) electrons. The minimum Gasteiger partial charge on any atom is -0.484 e. The standard InChI is InChI=1S/C19H21BrN2O4/c1-3-14-4-7-16(8-5-14)25-11-18(23)21-22-19(24)12-26-17-9-6-15(20)10-13(17)2/h4-10H,3,11-12H2,1-2H3,(H,21,23)(H,22,24). The molecule has 6 nitrogen and oxygen atoms in total. The smallest absolute Gasteiger partial charge is 0.276 e. The number of rotatable bonds is 7. The number of hydrogen-bond acceptors (Lipinski definition) is 4. The molecule has 0 aliphatic heterocycles. The molecule has 0 unspecified atom stereocenters. The fraction of sp³-hybridized carbons (Fsp3) is 0.263. The average molecular weight is 421 g/mol. The third kappa shape index (κ3) is 6.40. The van der Waals surface area contributed by atoms with Gasteiger partial charge >= 0.3 is 0 Å². The van der Waals surface area contributed by atoms with Crippen molar-refractivity contribution < 1.29 is 19.1 Å². The highest BCUT2D eigenvalue weighted by Crippen LogP contribution is 2.21. The van der Waals surface area contributed by atoms with Crippen molar-refractivity contribution in [2.24, 2.45) is 0 Å². The zero-order chi connectivity index (χ0) is 18.9. The molecule has 2 N–H and O–H groups in total. The van der Waals surface area contributed by atoms with E-state index >= 15 is 0 Å². The van der Waals surface area contributed by atoms with Crippen LogP contribution in [0.5, 0.6) is 11.5 Å². The van der Waals surface area contributed by atoms with E-state index in [9.17, 15) is 9.59 Å². The molecule has 0 bridgehead atoms. The lowest BCUT2D eigenvalue weighted by atomic mass is 10.2. The first-order chi connectivity index (χ1) is 12.5. The largest absolute Gasteiger partial charge is 0.484 e. The van der Waals surface area contributed by atoms with E-state index in [1.807, 2.05) is 31.2 Å². The van der Waals surface area contributed by atoms with E-state index in [1.54, 1.807) is 18.2 Å². The fourth-order valence-electron chi connectivity index (χ4n) is 2.10. The summed E-state index contributed by atoms with van der Waals surface area (Å²) in [6.45, 7) is 3.54. The number of aryl methyl sites for hydroxylation is 2. The fourth-order valence-corrected chi connectivity index (χ4v) is 2.58. The van der Waals surface area contributed by atoms with Crippen molar-refractivity contribution in [3.8, 4) is 11.5 Å². The van der Waals surface area contributed by atoms with E-state index in [0.29, 0.717) is 11.5 Å². The highest BCUT2D eigenvalue weighted by molar-refractivity contribution is 9.10. The van der Waals surface area contributed by atoms with Crippen molar-refractivity contribution in [3.63, 3.8) is 0 Å². The van der Waals surface area contributed by atoms with Crippen molar-refractivity contribution in [3.05, 3.63) is 58.1 Å². The Morgan fingerprint density at radius 3 is 2.15 bits per heavy atom. The number of carbonyl (C=O) groups excluding carboxylic acids is 2. The van der Waals surface area contributed by atoms with Gasteiger partial charge in [-0.2, -0.15) is 0 Å². The minimum atomic E-state index is -0.465. The van der Waals surface area contributed by atoms with Crippen molar-refractivity contribution in [2.45, 2.75) is 20.3 Å². The topological polar surface area (TPSA) is 76.7 Å². The maximum atomic E-state index is 11.7. The zero-order valence-corrected chi connectivity index (χ0v) is 16.3. The average Bonchev–Trinajstić information content (AvgIpc) is 2.64. The lowest BCUT2D eigenvalue weighted by molar-refractivity contribution is -0.131. The molecule has 0 saturated carbocycles. The number of halogens is 1. The Kier molecular flexibility index (Phi) is 7.47. The van der Waals surface area contributed by atoms with Crippen LogP contribution in [0.2, 0.25) is 0 Å². The second-order valence-corrected chi connectivity index (χ2v) is 6.50. The van der Waals surface area contributed by atoms with Crippen LogP contribution in [0.25, 0.3) is 0 Å². The van der Waals surface area contributed by atoms with Gasteiger partial charge in [-0.15, -0.1) is 0 Å². The highest BCUT2D eigenvalue weighted by atomic mass is 79.9. The van der Waals surface area contributed by atoms with Gasteiger partial charge in [-0.05, 0) is 54.8 Å². The van der Waals surface area contributed by atoms with E-state index in [4.69, 9.17) is 9.47 Å². The summed E-state index contributed by atoms with van der Waals surface area (Å²) in [6.07, 6.45) is 0.939. The van der Waals surface area contributed by atoms with E-state index < -0.39 is 11.8 Å². The van der Waals surface area contributed by atoms with Crippen LogP contribution in [-0.4, -0.2) is 25.0 Å². The highest BCUT2D eigenvalue weighted by Gasteiger charge is 2.08. The zero-order valence-electron chi connectivity index (χ0n) is 14.7. The van der Waals surface area contributed by atoms with Crippen LogP contribution in [0, 0.1) is 6.92 Å². The lowest BCUT2D eigenvalue weighted by Crippen LogP contribution is -2.45. The predicted molar refractivity (Wildman–Crippen MR) is 102 cm³/mol. The van der Waals surface area contributed by atoms with Gasteiger partial charge in [0.1, 0.15) is 11.5 Å². The predicted octanol–water partition coefficient (Wildman–Crippen LogP) is 2.93. The van der Waals surface area contributed by atoms with E-state index in [1.165, 1.54) is 5.56 Å².